The summed E-state index contributed by atoms with van der Waals surface area (Å²) in [6, 6.07) is 24.0. The predicted octanol–water partition coefficient (Wildman–Crippen LogP) is 6.76. The fourth-order valence-electron chi connectivity index (χ4n) is 3.26. The Hall–Kier alpha value is -4.91. The summed E-state index contributed by atoms with van der Waals surface area (Å²) in [7, 11) is 0. The van der Waals surface area contributed by atoms with Gasteiger partial charge in [0.05, 0.1) is 41.8 Å². The molecule has 0 atom stereocenters. The van der Waals surface area contributed by atoms with Crippen LogP contribution in [0.15, 0.2) is 93.3 Å². The van der Waals surface area contributed by atoms with Crippen LogP contribution in [0.4, 0.5) is 34.1 Å². The van der Waals surface area contributed by atoms with Gasteiger partial charge in [0, 0.05) is 26.1 Å². The van der Waals surface area contributed by atoms with E-state index in [-0.39, 0.29) is 24.9 Å². The van der Waals surface area contributed by atoms with Crippen LogP contribution in [0, 0.1) is 11.3 Å². The molecule has 0 fully saturated rings. The number of hydrogen-bond donors (Lipinski definition) is 1. The number of nitrogens with zero attached hydrogens (tertiary/aromatic N) is 6. The summed E-state index contributed by atoms with van der Waals surface area (Å²) >= 11 is 0. The molecule has 0 saturated carbocycles. The normalized spacial score (nSPS) is 10.8. The van der Waals surface area contributed by atoms with Crippen molar-refractivity contribution in [3.8, 4) is 6.07 Å². The van der Waals surface area contributed by atoms with E-state index in [4.69, 9.17) is 10.00 Å². The van der Waals surface area contributed by atoms with Gasteiger partial charge in [0.25, 0.3) is 0 Å². The van der Waals surface area contributed by atoms with Crippen molar-refractivity contribution in [2.24, 2.45) is 20.5 Å². The van der Waals surface area contributed by atoms with Gasteiger partial charge in [-0.05, 0) is 54.6 Å². The second-order valence-electron chi connectivity index (χ2n) is 7.87. The summed E-state index contributed by atoms with van der Waals surface area (Å²) in [5.74, 6) is -0.632. The topological polar surface area (TPSA) is 132 Å². The van der Waals surface area contributed by atoms with Crippen molar-refractivity contribution in [2.75, 3.05) is 29.9 Å². The van der Waals surface area contributed by atoms with Gasteiger partial charge in [0.1, 0.15) is 12.3 Å². The highest BCUT2D eigenvalue weighted by Gasteiger charge is 2.12. The number of carbonyl (C=O) groups is 2. The highest BCUT2D eigenvalue weighted by Crippen LogP contribution is 2.32. The van der Waals surface area contributed by atoms with Gasteiger partial charge in [-0.1, -0.05) is 18.2 Å². The minimum absolute atomic E-state index is 0.179. The number of rotatable bonds is 11. The number of nitrogens with one attached hydrogen (secondary N) is 1. The lowest BCUT2D eigenvalue weighted by atomic mass is 10.2. The van der Waals surface area contributed by atoms with E-state index in [0.29, 0.717) is 35.8 Å². The van der Waals surface area contributed by atoms with E-state index >= 15 is 0 Å². The van der Waals surface area contributed by atoms with E-state index in [1.807, 2.05) is 41.3 Å². The Balaban J connectivity index is 1.77. The van der Waals surface area contributed by atoms with Crippen LogP contribution in [0.5, 0.6) is 0 Å². The first-order chi connectivity index (χ1) is 17.9. The number of nitriles is 1. The number of benzene rings is 3. The third-order valence-corrected chi connectivity index (χ3v) is 4.98. The maximum atomic E-state index is 11.8. The first-order valence-electron chi connectivity index (χ1n) is 11.6. The molecule has 37 heavy (non-hydrogen) atoms. The van der Waals surface area contributed by atoms with Crippen molar-refractivity contribution >= 4 is 46.0 Å². The highest BCUT2D eigenvalue weighted by atomic mass is 16.5. The minimum Gasteiger partial charge on any atom is -0.464 e. The SMILES string of the molecule is CC(=O)Nc1cc(N(CCC#N)CCOC(C)=O)ccc1N=Nc1ccc(N=Nc2ccccc2)cc1. The van der Waals surface area contributed by atoms with Crippen LogP contribution in [0.25, 0.3) is 0 Å². The summed E-state index contributed by atoms with van der Waals surface area (Å²) in [5, 5.41) is 28.8. The van der Waals surface area contributed by atoms with Crippen LogP contribution in [0.2, 0.25) is 0 Å². The van der Waals surface area contributed by atoms with E-state index in [0.717, 1.165) is 11.4 Å². The highest BCUT2D eigenvalue weighted by molar-refractivity contribution is 5.93. The molecule has 1 amide bonds. The van der Waals surface area contributed by atoms with Crippen LogP contribution in [0.3, 0.4) is 0 Å². The second-order valence-corrected chi connectivity index (χ2v) is 7.87. The molecule has 3 aromatic carbocycles. The zero-order chi connectivity index (χ0) is 26.5. The Morgan fingerprint density at radius 2 is 1.49 bits per heavy atom. The molecule has 0 spiro atoms. The largest absolute Gasteiger partial charge is 0.464 e. The number of amides is 1. The Morgan fingerprint density at radius 3 is 2.08 bits per heavy atom. The number of azo groups is 2. The molecule has 0 bridgehead atoms. The van der Waals surface area contributed by atoms with Crippen LogP contribution in [-0.4, -0.2) is 31.6 Å². The summed E-state index contributed by atoms with van der Waals surface area (Å²) in [6.07, 6.45) is 0.290. The lowest BCUT2D eigenvalue weighted by Crippen LogP contribution is -2.29. The predicted molar refractivity (Wildman–Crippen MR) is 141 cm³/mol. The fraction of sp³-hybridized carbons (Fsp3) is 0.222. The monoisotopic (exact) mass is 497 g/mol. The van der Waals surface area contributed by atoms with E-state index in [1.54, 1.807) is 36.4 Å². The van der Waals surface area contributed by atoms with Gasteiger partial charge in [-0.2, -0.15) is 20.6 Å². The number of hydrogen-bond acceptors (Lipinski definition) is 9. The van der Waals surface area contributed by atoms with Crippen LogP contribution in [0.1, 0.15) is 20.3 Å². The first kappa shape index (κ1) is 26.7. The van der Waals surface area contributed by atoms with Gasteiger partial charge in [-0.3, -0.25) is 9.59 Å². The minimum atomic E-state index is -0.373. The Bertz CT molecular complexity index is 1300. The first-order valence-corrected chi connectivity index (χ1v) is 11.6. The molecule has 0 aliphatic heterocycles. The zero-order valence-electron chi connectivity index (χ0n) is 20.7. The van der Waals surface area contributed by atoms with Crippen molar-refractivity contribution in [3.05, 3.63) is 72.8 Å². The van der Waals surface area contributed by atoms with E-state index in [2.05, 4.69) is 31.8 Å². The van der Waals surface area contributed by atoms with Gasteiger partial charge < -0.3 is 15.0 Å². The molecule has 0 aromatic heterocycles. The molecule has 10 heteroatoms. The van der Waals surface area contributed by atoms with Gasteiger partial charge >= 0.3 is 5.97 Å². The summed E-state index contributed by atoms with van der Waals surface area (Å²) in [4.78, 5) is 24.8. The second kappa shape index (κ2) is 13.8. The molecular weight excluding hydrogens is 470 g/mol. The Kier molecular flexibility index (Phi) is 9.99. The lowest BCUT2D eigenvalue weighted by Gasteiger charge is -2.24. The summed E-state index contributed by atoms with van der Waals surface area (Å²) < 4.78 is 5.05. The molecule has 0 unspecified atom stereocenters. The quantitative estimate of drug-likeness (QED) is 0.231. The molecular formula is C27H27N7O3. The maximum absolute atomic E-state index is 11.8. The number of anilines is 2. The van der Waals surface area contributed by atoms with Crippen LogP contribution in [-0.2, 0) is 14.3 Å². The van der Waals surface area contributed by atoms with E-state index < -0.39 is 0 Å². The van der Waals surface area contributed by atoms with Crippen LogP contribution >= 0.6 is 0 Å². The van der Waals surface area contributed by atoms with Crippen molar-refractivity contribution in [1.29, 1.82) is 5.26 Å². The van der Waals surface area contributed by atoms with Gasteiger partial charge in [0.2, 0.25) is 5.91 Å². The average molecular weight is 498 g/mol. The number of ether oxygens (including phenoxy) is 1. The van der Waals surface area contributed by atoms with Crippen LogP contribution < -0.4 is 10.2 Å². The Labute approximate surface area is 215 Å². The molecule has 188 valence electrons. The molecule has 0 heterocycles. The zero-order valence-corrected chi connectivity index (χ0v) is 20.7. The number of esters is 1. The standard InChI is InChI=1S/C27H27N7O3/c1-20(35)29-27-19-25(34(16-6-15-28)17-18-37-21(2)36)13-14-26(27)33-32-24-11-9-23(10-12-24)31-30-22-7-4-3-5-8-22/h3-5,7-14,19H,6,16-18H2,1-2H3,(H,29,35). The smallest absolute Gasteiger partial charge is 0.302 e. The van der Waals surface area contributed by atoms with Gasteiger partial charge in [-0.15, -0.1) is 5.11 Å². The number of carbonyl (C=O) groups excluding carboxylic acids is 2. The van der Waals surface area contributed by atoms with Crippen molar-refractivity contribution in [2.45, 2.75) is 20.3 Å². The van der Waals surface area contributed by atoms with Crippen molar-refractivity contribution < 1.29 is 14.3 Å². The Morgan fingerprint density at radius 1 is 0.865 bits per heavy atom. The lowest BCUT2D eigenvalue weighted by molar-refractivity contribution is -0.140. The molecule has 1 N–H and O–H groups in total. The molecule has 3 rings (SSSR count). The van der Waals surface area contributed by atoms with Gasteiger partial charge in [-0.25, -0.2) is 0 Å². The summed E-state index contributed by atoms with van der Waals surface area (Å²) in [5.41, 5.74) is 3.73. The molecule has 0 saturated heterocycles. The maximum Gasteiger partial charge on any atom is 0.302 e. The van der Waals surface area contributed by atoms with E-state index in [1.165, 1.54) is 13.8 Å². The molecule has 10 nitrogen and oxygen atoms in total. The fourth-order valence-corrected chi connectivity index (χ4v) is 3.26. The average Bonchev–Trinajstić information content (AvgIpc) is 2.89. The summed E-state index contributed by atoms with van der Waals surface area (Å²) in [6.45, 7) is 3.77. The van der Waals surface area contributed by atoms with E-state index in [9.17, 15) is 9.59 Å². The van der Waals surface area contributed by atoms with Gasteiger partial charge in [0.15, 0.2) is 0 Å². The third kappa shape index (κ3) is 8.99. The van der Waals surface area contributed by atoms with Crippen molar-refractivity contribution in [1.82, 2.24) is 0 Å². The molecule has 0 radical (unpaired) electrons. The molecule has 0 aliphatic rings. The molecule has 3 aromatic rings. The van der Waals surface area contributed by atoms with Crippen molar-refractivity contribution in [3.63, 3.8) is 0 Å². The molecule has 0 aliphatic carbocycles. The third-order valence-electron chi connectivity index (χ3n) is 4.98.